The van der Waals surface area contributed by atoms with E-state index in [1.165, 1.54) is 23.5 Å². The molecule has 3 nitrogen and oxygen atoms in total. The average molecular weight is 269 g/mol. The van der Waals surface area contributed by atoms with Gasteiger partial charge < -0.3 is 5.32 Å². The summed E-state index contributed by atoms with van der Waals surface area (Å²) in [5.41, 5.74) is 0.283. The second-order valence-corrected chi connectivity index (χ2v) is 4.83. The maximum Gasteiger partial charge on any atom is 0.150 e. The number of hydrogen-bond donors (Lipinski definition) is 1. The molecular weight excluding hydrogens is 256 g/mol. The standard InChI is InChI=1S/C12H13F2N3S/c1-3-10(15-2)12-17-16-11(18-12)8-5-4-7(13)6-9(8)14/h4-6,10,15H,3H2,1-2H3. The Morgan fingerprint density at radius 3 is 2.72 bits per heavy atom. The molecule has 0 saturated heterocycles. The van der Waals surface area contributed by atoms with Gasteiger partial charge in [0.1, 0.15) is 16.6 Å². The van der Waals surface area contributed by atoms with Crippen LogP contribution in [0.5, 0.6) is 0 Å². The van der Waals surface area contributed by atoms with E-state index in [1.807, 2.05) is 14.0 Å². The highest BCUT2D eigenvalue weighted by atomic mass is 32.1. The molecule has 0 saturated carbocycles. The number of benzene rings is 1. The number of aromatic nitrogens is 2. The maximum absolute atomic E-state index is 13.6. The summed E-state index contributed by atoms with van der Waals surface area (Å²) in [6, 6.07) is 3.57. The minimum atomic E-state index is -0.616. The number of halogens is 2. The fraction of sp³-hybridized carbons (Fsp3) is 0.333. The van der Waals surface area contributed by atoms with E-state index in [2.05, 4.69) is 15.5 Å². The molecule has 6 heteroatoms. The van der Waals surface area contributed by atoms with Crippen LogP contribution in [-0.2, 0) is 0 Å². The van der Waals surface area contributed by atoms with Gasteiger partial charge in [-0.3, -0.25) is 0 Å². The average Bonchev–Trinajstić information content (AvgIpc) is 2.80. The third-order valence-electron chi connectivity index (χ3n) is 2.66. The first-order valence-corrected chi connectivity index (χ1v) is 6.43. The van der Waals surface area contributed by atoms with Crippen molar-refractivity contribution >= 4 is 11.3 Å². The molecule has 96 valence electrons. The second kappa shape index (κ2) is 5.49. The largest absolute Gasteiger partial charge is 0.311 e. The summed E-state index contributed by atoms with van der Waals surface area (Å²) < 4.78 is 26.4. The van der Waals surface area contributed by atoms with Crippen molar-refractivity contribution in [3.8, 4) is 10.6 Å². The van der Waals surface area contributed by atoms with Crippen molar-refractivity contribution in [1.82, 2.24) is 15.5 Å². The predicted molar refractivity (Wildman–Crippen MR) is 67.4 cm³/mol. The molecule has 1 aromatic heterocycles. The summed E-state index contributed by atoms with van der Waals surface area (Å²) in [6.45, 7) is 2.03. The van der Waals surface area contributed by atoms with E-state index in [9.17, 15) is 8.78 Å². The first-order chi connectivity index (χ1) is 8.65. The van der Waals surface area contributed by atoms with E-state index in [0.29, 0.717) is 5.01 Å². The predicted octanol–water partition coefficient (Wildman–Crippen LogP) is 3.15. The summed E-state index contributed by atoms with van der Waals surface area (Å²) in [5.74, 6) is -1.21. The molecule has 0 aliphatic carbocycles. The summed E-state index contributed by atoms with van der Waals surface area (Å²) in [7, 11) is 1.84. The van der Waals surface area contributed by atoms with E-state index >= 15 is 0 Å². The Kier molecular flexibility index (Phi) is 3.98. The zero-order valence-corrected chi connectivity index (χ0v) is 10.9. The topological polar surface area (TPSA) is 37.8 Å². The quantitative estimate of drug-likeness (QED) is 0.926. The van der Waals surface area contributed by atoms with Gasteiger partial charge in [-0.05, 0) is 25.6 Å². The molecular formula is C12H13F2N3S. The van der Waals surface area contributed by atoms with Gasteiger partial charge in [-0.15, -0.1) is 10.2 Å². The van der Waals surface area contributed by atoms with Crippen LogP contribution in [-0.4, -0.2) is 17.2 Å². The van der Waals surface area contributed by atoms with Gasteiger partial charge in [-0.2, -0.15) is 0 Å². The monoisotopic (exact) mass is 269 g/mol. The second-order valence-electron chi connectivity index (χ2n) is 3.82. The van der Waals surface area contributed by atoms with E-state index in [0.717, 1.165) is 17.5 Å². The van der Waals surface area contributed by atoms with Crippen LogP contribution in [0.4, 0.5) is 8.78 Å². The maximum atomic E-state index is 13.6. The Morgan fingerprint density at radius 1 is 1.33 bits per heavy atom. The van der Waals surface area contributed by atoms with Crippen LogP contribution in [0.2, 0.25) is 0 Å². The Morgan fingerprint density at radius 2 is 2.11 bits per heavy atom. The van der Waals surface area contributed by atoms with Gasteiger partial charge in [0, 0.05) is 11.6 Å². The Balaban J connectivity index is 2.34. The fourth-order valence-corrected chi connectivity index (χ4v) is 2.71. The summed E-state index contributed by atoms with van der Waals surface area (Å²) in [5, 5.41) is 12.4. The zero-order chi connectivity index (χ0) is 13.1. The van der Waals surface area contributed by atoms with E-state index in [-0.39, 0.29) is 11.6 Å². The summed E-state index contributed by atoms with van der Waals surface area (Å²) in [4.78, 5) is 0. The van der Waals surface area contributed by atoms with Crippen LogP contribution in [0.1, 0.15) is 24.4 Å². The molecule has 0 fully saturated rings. The molecule has 0 radical (unpaired) electrons. The first kappa shape index (κ1) is 13.0. The van der Waals surface area contributed by atoms with Crippen LogP contribution in [0, 0.1) is 11.6 Å². The molecule has 0 spiro atoms. The van der Waals surface area contributed by atoms with Crippen molar-refractivity contribution in [2.24, 2.45) is 0 Å². The molecule has 0 amide bonds. The van der Waals surface area contributed by atoms with Gasteiger partial charge in [0.15, 0.2) is 5.01 Å². The molecule has 1 unspecified atom stereocenters. The fourth-order valence-electron chi connectivity index (χ4n) is 1.65. The third-order valence-corrected chi connectivity index (χ3v) is 3.73. The lowest BCUT2D eigenvalue weighted by atomic mass is 10.2. The molecule has 18 heavy (non-hydrogen) atoms. The van der Waals surface area contributed by atoms with Gasteiger partial charge in [-0.25, -0.2) is 8.78 Å². The van der Waals surface area contributed by atoms with Gasteiger partial charge in [0.05, 0.1) is 6.04 Å². The van der Waals surface area contributed by atoms with Gasteiger partial charge in [0.25, 0.3) is 0 Å². The van der Waals surface area contributed by atoms with E-state index in [4.69, 9.17) is 0 Å². The number of nitrogens with zero attached hydrogens (tertiary/aromatic N) is 2. The molecule has 0 aliphatic heterocycles. The lowest BCUT2D eigenvalue weighted by Gasteiger charge is -2.08. The minimum Gasteiger partial charge on any atom is -0.311 e. The van der Waals surface area contributed by atoms with Crippen molar-refractivity contribution < 1.29 is 8.78 Å². The van der Waals surface area contributed by atoms with Gasteiger partial charge >= 0.3 is 0 Å². The highest BCUT2D eigenvalue weighted by molar-refractivity contribution is 7.14. The van der Waals surface area contributed by atoms with Crippen molar-refractivity contribution in [2.45, 2.75) is 19.4 Å². The van der Waals surface area contributed by atoms with Gasteiger partial charge in [-0.1, -0.05) is 18.3 Å². The number of nitrogens with one attached hydrogen (secondary N) is 1. The molecule has 2 rings (SSSR count). The first-order valence-electron chi connectivity index (χ1n) is 5.61. The normalized spacial score (nSPS) is 12.7. The summed E-state index contributed by atoms with van der Waals surface area (Å²) >= 11 is 1.32. The highest BCUT2D eigenvalue weighted by Gasteiger charge is 2.16. The van der Waals surface area contributed by atoms with Crippen LogP contribution in [0.25, 0.3) is 10.6 Å². The summed E-state index contributed by atoms with van der Waals surface area (Å²) in [6.07, 6.45) is 0.872. The Hall–Kier alpha value is -1.40. The Labute approximate surface area is 108 Å². The van der Waals surface area contributed by atoms with Crippen LogP contribution >= 0.6 is 11.3 Å². The molecule has 1 aromatic carbocycles. The molecule has 1 heterocycles. The van der Waals surface area contributed by atoms with Crippen LogP contribution < -0.4 is 5.32 Å². The molecule has 1 N–H and O–H groups in total. The van der Waals surface area contributed by atoms with Crippen molar-refractivity contribution in [3.05, 3.63) is 34.8 Å². The molecule has 2 aromatic rings. The molecule has 0 bridgehead atoms. The SMILES string of the molecule is CCC(NC)c1nnc(-c2ccc(F)cc2F)s1. The lowest BCUT2D eigenvalue weighted by molar-refractivity contribution is 0.568. The molecule has 1 atom stereocenters. The van der Waals surface area contributed by atoms with Gasteiger partial charge in [0.2, 0.25) is 0 Å². The zero-order valence-electron chi connectivity index (χ0n) is 10.1. The third kappa shape index (κ3) is 2.54. The minimum absolute atomic E-state index is 0.111. The van der Waals surface area contributed by atoms with Crippen LogP contribution in [0.3, 0.4) is 0 Å². The molecule has 0 aliphatic rings. The number of rotatable bonds is 4. The lowest BCUT2D eigenvalue weighted by Crippen LogP contribution is -2.14. The van der Waals surface area contributed by atoms with E-state index < -0.39 is 11.6 Å². The van der Waals surface area contributed by atoms with Crippen LogP contribution in [0.15, 0.2) is 18.2 Å². The van der Waals surface area contributed by atoms with Crippen molar-refractivity contribution in [1.29, 1.82) is 0 Å². The van der Waals surface area contributed by atoms with E-state index in [1.54, 1.807) is 0 Å². The highest BCUT2D eigenvalue weighted by Crippen LogP contribution is 2.29. The van der Waals surface area contributed by atoms with Crippen molar-refractivity contribution in [3.63, 3.8) is 0 Å². The number of hydrogen-bond acceptors (Lipinski definition) is 4. The van der Waals surface area contributed by atoms with Crippen molar-refractivity contribution in [2.75, 3.05) is 7.05 Å². The Bertz CT molecular complexity index is 538. The smallest absolute Gasteiger partial charge is 0.150 e.